The number of nitrogens with zero attached hydrogens (tertiary/aromatic N) is 6. The lowest BCUT2D eigenvalue weighted by atomic mass is 9.93. The number of amides is 1. The van der Waals surface area contributed by atoms with E-state index < -0.39 is 76.3 Å². The van der Waals surface area contributed by atoms with Crippen molar-refractivity contribution in [2.45, 2.75) is 154 Å². The molecule has 0 unspecified atom stereocenters. The van der Waals surface area contributed by atoms with Crippen molar-refractivity contribution in [3.8, 4) is 11.5 Å². The number of ether oxygens (including phenoxy) is 5. The highest BCUT2D eigenvalue weighted by Crippen LogP contribution is 2.39. The van der Waals surface area contributed by atoms with Gasteiger partial charge in [0.2, 0.25) is 0 Å². The third-order valence-electron chi connectivity index (χ3n) is 13.2. The van der Waals surface area contributed by atoms with Crippen LogP contribution in [0.1, 0.15) is 117 Å². The van der Waals surface area contributed by atoms with Crippen LogP contribution in [-0.2, 0) is 48.3 Å². The monoisotopic (exact) mass is 1330 g/mol. The van der Waals surface area contributed by atoms with E-state index in [9.17, 15) is 36.0 Å². The van der Waals surface area contributed by atoms with Crippen LogP contribution in [0.3, 0.4) is 0 Å². The van der Waals surface area contributed by atoms with Crippen LogP contribution in [-0.4, -0.2) is 134 Å². The first-order valence-corrected chi connectivity index (χ1v) is 33.8. The molecular weight excluding hydrogens is 1250 g/mol. The quantitative estimate of drug-likeness (QED) is 0.0269. The van der Waals surface area contributed by atoms with Crippen molar-refractivity contribution in [1.82, 2.24) is 35.2 Å². The fraction of sp³-hybridized carbons (Fsp3) is 0.460. The number of benzene rings is 4. The first-order valence-electron chi connectivity index (χ1n) is 29.0. The highest BCUT2D eigenvalue weighted by molar-refractivity contribution is 7.93. The van der Waals surface area contributed by atoms with E-state index in [0.717, 1.165) is 31.8 Å². The first kappa shape index (κ1) is 72.1. The number of thiazole rings is 2. The maximum absolute atomic E-state index is 13.7. The van der Waals surface area contributed by atoms with Crippen LogP contribution < -0.4 is 25.4 Å². The lowest BCUT2D eigenvalue weighted by molar-refractivity contribution is -0.160. The molecule has 0 bridgehead atoms. The van der Waals surface area contributed by atoms with Gasteiger partial charge in [0.25, 0.3) is 0 Å². The highest BCUT2D eigenvalue weighted by atomic mass is 32.2. The molecule has 492 valence electrons. The van der Waals surface area contributed by atoms with E-state index in [-0.39, 0.29) is 66.0 Å². The van der Waals surface area contributed by atoms with Gasteiger partial charge in [-0.25, -0.2) is 56.3 Å². The van der Waals surface area contributed by atoms with Gasteiger partial charge in [0.05, 0.1) is 70.9 Å². The Morgan fingerprint density at radius 2 is 1.01 bits per heavy atom. The lowest BCUT2D eigenvalue weighted by Gasteiger charge is -2.24. The van der Waals surface area contributed by atoms with Crippen LogP contribution in [0.4, 0.5) is 27.8 Å². The van der Waals surface area contributed by atoms with Crippen molar-refractivity contribution in [2.75, 3.05) is 37.1 Å². The molecule has 91 heavy (non-hydrogen) atoms. The molecular formula is C63H81N9O15S4. The smallest absolute Gasteiger partial charge is 0.408 e. The fourth-order valence-electron chi connectivity index (χ4n) is 8.42. The molecule has 2 atom stereocenters. The Hall–Kier alpha value is -7.92. The minimum absolute atomic E-state index is 0.0258. The average molecular weight is 1330 g/mol. The van der Waals surface area contributed by atoms with E-state index >= 15 is 0 Å². The largest absolute Gasteiger partial charge is 0.490 e. The number of hydrogen-bond donors (Lipinski definition) is 5. The summed E-state index contributed by atoms with van der Waals surface area (Å²) in [6.45, 7) is 26.6. The molecule has 1 amide bonds. The van der Waals surface area contributed by atoms with Crippen molar-refractivity contribution in [2.24, 2.45) is 17.8 Å². The van der Waals surface area contributed by atoms with Gasteiger partial charge in [0, 0.05) is 34.3 Å². The number of anilines is 4. The van der Waals surface area contributed by atoms with Crippen LogP contribution in [0.25, 0.3) is 42.2 Å². The standard InChI is InChI=1S/C31H39N5O7S2.C21H22N4O4S2.C11H20O4/c1-18(2)26(36-29(38)43-30(3,4)5)28(37)42-12-11-41-23-15-21-20(14-25(23)45(39,40)31(6,7)8)27(33-16-32-21)35-19-9-10-24-22(13-19)34-17-44-24;1-21(2,3)31(27,28)19-9-14-15(10-17(19)29-7-6-26)22-11-23-20(14)25-13-4-5-18-16(8-13)24-12-30-18;1-7(2)8(10(13)14)6-9(12)15-11(3,4)5/h9-10,13-18,26H,11-12H2,1-8H3,(H,36,38)(H,32,33,35);4-5,8-12,26H,6-7H2,1-3H3,(H,22,23,25);7-8H,6H2,1-5H3,(H,13,14)/t26-;;8-/m0.0/s1. The number of fused-ring (bicyclic) bond motifs is 4. The summed E-state index contributed by atoms with van der Waals surface area (Å²) in [6, 6.07) is 16.7. The summed E-state index contributed by atoms with van der Waals surface area (Å²) in [5, 5.41) is 28.1. The molecule has 0 fully saturated rings. The van der Waals surface area contributed by atoms with Crippen LogP contribution in [0.5, 0.6) is 11.5 Å². The molecule has 28 heteroatoms. The minimum Gasteiger partial charge on any atom is -0.490 e. The molecule has 0 radical (unpaired) electrons. The number of hydrogen-bond acceptors (Lipinski definition) is 24. The third kappa shape index (κ3) is 19.3. The number of sulfone groups is 2. The second-order valence-electron chi connectivity index (χ2n) is 25.6. The number of aliphatic hydroxyl groups excluding tert-OH is 1. The van der Waals surface area contributed by atoms with Crippen molar-refractivity contribution in [3.63, 3.8) is 0 Å². The summed E-state index contributed by atoms with van der Waals surface area (Å²) in [5.41, 5.74) is 6.44. The number of aliphatic carboxylic acids is 1. The zero-order valence-corrected chi connectivity index (χ0v) is 57.2. The molecule has 4 aromatic heterocycles. The zero-order chi connectivity index (χ0) is 67.6. The summed E-state index contributed by atoms with van der Waals surface area (Å²) < 4.78 is 81.1. The van der Waals surface area contributed by atoms with Crippen LogP contribution in [0, 0.1) is 17.8 Å². The van der Waals surface area contributed by atoms with Gasteiger partial charge < -0.3 is 49.8 Å². The molecule has 24 nitrogen and oxygen atoms in total. The Morgan fingerprint density at radius 3 is 1.41 bits per heavy atom. The number of carbonyl (C=O) groups excluding carboxylic acids is 3. The molecule has 0 spiro atoms. The van der Waals surface area contributed by atoms with E-state index in [1.165, 1.54) is 42.2 Å². The molecule has 4 heterocycles. The SMILES string of the molecule is CC(C)(C)S(=O)(=O)c1cc2c(Nc3ccc4scnc4c3)ncnc2cc1OCCO.CC(C)[C@H](CC(=O)OC(C)(C)C)C(=O)O.CC(C)[C@H](NC(=O)OC(C)(C)C)C(=O)OCCOc1cc2ncnc(Nc3ccc4scnc4c3)c2cc1S(=O)(=O)C(C)(C)C. The molecule has 0 aliphatic rings. The molecule has 4 aromatic carbocycles. The van der Waals surface area contributed by atoms with Crippen molar-refractivity contribution in [3.05, 3.63) is 84.3 Å². The van der Waals surface area contributed by atoms with Crippen molar-refractivity contribution >= 4 is 132 Å². The second kappa shape index (κ2) is 29.6. The van der Waals surface area contributed by atoms with Crippen LogP contribution >= 0.6 is 22.7 Å². The van der Waals surface area contributed by atoms with E-state index in [1.54, 1.807) is 139 Å². The number of rotatable bonds is 20. The van der Waals surface area contributed by atoms with Crippen LogP contribution in [0.15, 0.2) is 94.1 Å². The number of carbonyl (C=O) groups is 4. The fourth-order valence-corrected chi connectivity index (χ4v) is 12.4. The van der Waals surface area contributed by atoms with Crippen molar-refractivity contribution in [1.29, 1.82) is 0 Å². The molecule has 0 aliphatic heterocycles. The Kier molecular flexibility index (Phi) is 23.4. The number of carboxylic acid groups (broad SMARTS) is 1. The number of carboxylic acids is 1. The predicted octanol–water partition coefficient (Wildman–Crippen LogP) is 12.0. The van der Waals surface area contributed by atoms with Crippen LogP contribution in [0.2, 0.25) is 0 Å². The maximum Gasteiger partial charge on any atom is 0.408 e. The Bertz CT molecular complexity index is 4130. The topological polar surface area (TPSA) is 337 Å². The van der Waals surface area contributed by atoms with Gasteiger partial charge >= 0.3 is 24.0 Å². The van der Waals surface area contributed by atoms with Gasteiger partial charge in [-0.1, -0.05) is 27.7 Å². The Balaban J connectivity index is 0.000000246. The van der Waals surface area contributed by atoms with Gasteiger partial charge in [-0.3, -0.25) is 9.59 Å². The molecule has 5 N–H and O–H groups in total. The molecule has 0 saturated carbocycles. The minimum atomic E-state index is -3.90. The third-order valence-corrected chi connectivity index (χ3v) is 19.9. The predicted molar refractivity (Wildman–Crippen MR) is 352 cm³/mol. The summed E-state index contributed by atoms with van der Waals surface area (Å²) >= 11 is 3.09. The van der Waals surface area contributed by atoms with E-state index in [1.807, 2.05) is 36.4 Å². The summed E-state index contributed by atoms with van der Waals surface area (Å²) in [5.74, 6) is -1.98. The number of esters is 2. The van der Waals surface area contributed by atoms with Gasteiger partial charge in [0.1, 0.15) is 82.6 Å². The first-order chi connectivity index (χ1) is 42.3. The second-order valence-corrected chi connectivity index (χ2v) is 32.7. The van der Waals surface area contributed by atoms with E-state index in [0.29, 0.717) is 33.4 Å². The number of aliphatic hydroxyl groups is 1. The summed E-state index contributed by atoms with van der Waals surface area (Å²) in [6.07, 6.45) is 1.98. The average Bonchev–Trinajstić information content (AvgIpc) is 1.36. The maximum atomic E-state index is 13.7. The van der Waals surface area contributed by atoms with E-state index in [4.69, 9.17) is 33.9 Å². The number of aromatic nitrogens is 6. The zero-order valence-electron chi connectivity index (χ0n) is 53.9. The normalized spacial score (nSPS) is 13.0. The van der Waals surface area contributed by atoms with Gasteiger partial charge in [-0.05, 0) is 143 Å². The van der Waals surface area contributed by atoms with Crippen molar-refractivity contribution < 1.29 is 69.9 Å². The molecule has 0 aliphatic carbocycles. The van der Waals surface area contributed by atoms with E-state index in [2.05, 4.69) is 45.9 Å². The van der Waals surface area contributed by atoms with Gasteiger partial charge in [-0.2, -0.15) is 0 Å². The highest BCUT2D eigenvalue weighted by Gasteiger charge is 2.37. The molecule has 0 saturated heterocycles. The summed E-state index contributed by atoms with van der Waals surface area (Å²) in [4.78, 5) is 73.3. The van der Waals surface area contributed by atoms with Gasteiger partial charge in [-0.15, -0.1) is 22.7 Å². The van der Waals surface area contributed by atoms with Gasteiger partial charge in [0.15, 0.2) is 19.7 Å². The molecule has 8 rings (SSSR count). The Labute approximate surface area is 538 Å². The number of alkyl carbamates (subject to hydrolysis) is 1. The molecule has 8 aromatic rings. The lowest BCUT2D eigenvalue weighted by Crippen LogP contribution is -2.47. The summed E-state index contributed by atoms with van der Waals surface area (Å²) in [7, 11) is -7.64. The Morgan fingerprint density at radius 1 is 0.560 bits per heavy atom. The number of nitrogens with one attached hydrogen (secondary N) is 3.